The first-order valence-corrected chi connectivity index (χ1v) is 12.8. The highest BCUT2D eigenvalue weighted by Gasteiger charge is 2.31. The number of aromatic nitrogens is 4. The van der Waals surface area contributed by atoms with Crippen molar-refractivity contribution in [2.24, 2.45) is 0 Å². The predicted molar refractivity (Wildman–Crippen MR) is 119 cm³/mol. The molecule has 0 saturated carbocycles. The Hall–Kier alpha value is -2.48. The van der Waals surface area contributed by atoms with Crippen molar-refractivity contribution in [3.8, 4) is 11.4 Å². The Bertz CT molecular complexity index is 1200. The van der Waals surface area contributed by atoms with Crippen LogP contribution < -0.4 is 10.1 Å². The maximum absolute atomic E-state index is 13.1. The van der Waals surface area contributed by atoms with Gasteiger partial charge in [0.15, 0.2) is 5.82 Å². The van der Waals surface area contributed by atoms with Crippen LogP contribution in [-0.4, -0.2) is 70.5 Å². The second-order valence-corrected chi connectivity index (χ2v) is 10.7. The molecule has 3 aromatic rings. The zero-order chi connectivity index (χ0) is 22.0. The van der Waals surface area contributed by atoms with Crippen LogP contribution in [0.5, 0.6) is 5.75 Å². The quantitative estimate of drug-likeness (QED) is 0.569. The van der Waals surface area contributed by atoms with E-state index < -0.39 is 15.9 Å². The van der Waals surface area contributed by atoms with Crippen LogP contribution in [0.25, 0.3) is 5.69 Å². The van der Waals surface area contributed by atoms with Crippen molar-refractivity contribution in [3.63, 3.8) is 0 Å². The van der Waals surface area contributed by atoms with E-state index in [2.05, 4.69) is 20.8 Å². The van der Waals surface area contributed by atoms with Crippen LogP contribution in [0.2, 0.25) is 0 Å². The molecule has 1 saturated heterocycles. The van der Waals surface area contributed by atoms with Crippen molar-refractivity contribution in [2.75, 3.05) is 37.0 Å². The summed E-state index contributed by atoms with van der Waals surface area (Å²) in [4.78, 5) is 13.2. The lowest BCUT2D eigenvalue weighted by Gasteiger charge is -2.25. The molecule has 13 heteroatoms. The number of sulfonamides is 1. The average Bonchev–Trinajstić information content (AvgIpc) is 3.44. The number of rotatable bonds is 6. The number of thiophene rings is 1. The molecule has 0 atom stereocenters. The Morgan fingerprint density at radius 3 is 2.68 bits per heavy atom. The van der Waals surface area contributed by atoms with E-state index in [1.807, 2.05) is 0 Å². The summed E-state index contributed by atoms with van der Waals surface area (Å²) < 4.78 is 34.4. The van der Waals surface area contributed by atoms with Gasteiger partial charge in [-0.25, -0.2) is 8.42 Å². The molecule has 31 heavy (non-hydrogen) atoms. The lowest BCUT2D eigenvalue weighted by Crippen LogP contribution is -2.38. The molecule has 2 aromatic heterocycles. The zero-order valence-electron chi connectivity index (χ0n) is 16.8. The number of carbonyl (C=O) groups excluding carboxylic acids is 1. The molecule has 1 aliphatic heterocycles. The highest BCUT2D eigenvalue weighted by molar-refractivity contribution is 7.99. The molecule has 0 unspecified atom stereocenters. The molecule has 0 spiro atoms. The van der Waals surface area contributed by atoms with E-state index in [0.717, 1.165) is 22.8 Å². The Labute approximate surface area is 187 Å². The molecule has 1 fully saturated rings. The molecule has 164 valence electrons. The lowest BCUT2D eigenvalue weighted by atomic mass is 10.2. The van der Waals surface area contributed by atoms with Gasteiger partial charge in [-0.2, -0.15) is 20.7 Å². The monoisotopic (exact) mass is 480 g/mol. The summed E-state index contributed by atoms with van der Waals surface area (Å²) >= 11 is 2.81. The molecule has 1 N–H and O–H groups in total. The minimum atomic E-state index is -3.73. The number of nitrogens with one attached hydrogen (secondary N) is 1. The molecule has 1 aliphatic rings. The van der Waals surface area contributed by atoms with Crippen LogP contribution in [0.1, 0.15) is 15.5 Å². The number of hydrogen-bond acceptors (Lipinski definition) is 9. The van der Waals surface area contributed by atoms with Gasteiger partial charge in [-0.15, -0.1) is 16.4 Å². The van der Waals surface area contributed by atoms with Crippen LogP contribution in [0.4, 0.5) is 5.69 Å². The summed E-state index contributed by atoms with van der Waals surface area (Å²) in [5.74, 6) is 2.07. The van der Waals surface area contributed by atoms with Gasteiger partial charge in [0, 0.05) is 30.3 Å². The predicted octanol–water partition coefficient (Wildman–Crippen LogP) is 2.03. The maximum atomic E-state index is 13.1. The van der Waals surface area contributed by atoms with Gasteiger partial charge in [0.2, 0.25) is 10.0 Å². The topological polar surface area (TPSA) is 119 Å². The minimum absolute atomic E-state index is 0.0342. The van der Waals surface area contributed by atoms with Crippen LogP contribution in [0.15, 0.2) is 34.5 Å². The van der Waals surface area contributed by atoms with Gasteiger partial charge >= 0.3 is 0 Å². The molecule has 1 amide bonds. The molecule has 10 nitrogen and oxygen atoms in total. The maximum Gasteiger partial charge on any atom is 0.267 e. The smallest absolute Gasteiger partial charge is 0.267 e. The van der Waals surface area contributed by atoms with Crippen LogP contribution >= 0.6 is 23.1 Å². The van der Waals surface area contributed by atoms with Gasteiger partial charge < -0.3 is 10.1 Å². The molecular formula is C18H20N6O4S3. The zero-order valence-corrected chi connectivity index (χ0v) is 19.3. The fourth-order valence-electron chi connectivity index (χ4n) is 3.17. The molecule has 0 aliphatic carbocycles. The van der Waals surface area contributed by atoms with Crippen molar-refractivity contribution in [2.45, 2.75) is 11.8 Å². The molecular weight excluding hydrogens is 460 g/mol. The van der Waals surface area contributed by atoms with Gasteiger partial charge in [-0.05, 0) is 47.0 Å². The van der Waals surface area contributed by atoms with E-state index in [9.17, 15) is 13.2 Å². The standard InChI is InChI=1S/C18H20N6O4S3/c1-12-20-21-22-24(12)14-11-13(3-4-15(14)28-2)19-18(25)17-16(5-8-30-17)31(26,27)23-6-9-29-10-7-23/h3-5,8,11H,6-7,9-10H2,1-2H3,(H,19,25). The van der Waals surface area contributed by atoms with E-state index in [1.165, 1.54) is 22.2 Å². The number of carbonyl (C=O) groups is 1. The van der Waals surface area contributed by atoms with E-state index in [1.54, 1.807) is 42.3 Å². The van der Waals surface area contributed by atoms with E-state index in [4.69, 9.17) is 4.74 Å². The molecule has 0 radical (unpaired) electrons. The Morgan fingerprint density at radius 1 is 1.23 bits per heavy atom. The number of nitrogens with zero attached hydrogens (tertiary/aromatic N) is 5. The van der Waals surface area contributed by atoms with Crippen molar-refractivity contribution >= 4 is 44.7 Å². The number of hydrogen-bond donors (Lipinski definition) is 1. The first-order valence-electron chi connectivity index (χ1n) is 9.32. The summed E-state index contributed by atoms with van der Waals surface area (Å²) in [7, 11) is -2.20. The number of thioether (sulfide) groups is 1. The number of methoxy groups -OCH3 is 1. The Morgan fingerprint density at radius 2 is 2.00 bits per heavy atom. The highest BCUT2D eigenvalue weighted by atomic mass is 32.2. The summed E-state index contributed by atoms with van der Waals surface area (Å²) in [5, 5.41) is 15.8. The third-order valence-corrected chi connectivity index (χ3v) is 8.64. The summed E-state index contributed by atoms with van der Waals surface area (Å²) in [6.07, 6.45) is 0. The fourth-order valence-corrected chi connectivity index (χ4v) is 7.04. The molecule has 4 rings (SSSR count). The number of anilines is 1. The first kappa shape index (κ1) is 21.7. The second kappa shape index (κ2) is 8.94. The van der Waals surface area contributed by atoms with Crippen molar-refractivity contribution in [1.29, 1.82) is 0 Å². The second-order valence-electron chi connectivity index (χ2n) is 6.61. The highest BCUT2D eigenvalue weighted by Crippen LogP contribution is 2.30. The SMILES string of the molecule is COc1ccc(NC(=O)c2sccc2S(=O)(=O)N2CCSCC2)cc1-n1nnnc1C. The summed E-state index contributed by atoms with van der Waals surface area (Å²) in [6, 6.07) is 6.51. The number of aryl methyl sites for hydroxylation is 1. The van der Waals surface area contributed by atoms with Crippen molar-refractivity contribution in [3.05, 3.63) is 40.3 Å². The first-order chi connectivity index (χ1) is 14.9. The third kappa shape index (κ3) is 4.31. The van der Waals surface area contributed by atoms with Crippen molar-refractivity contribution in [1.82, 2.24) is 24.5 Å². The molecule has 3 heterocycles. The van der Waals surface area contributed by atoms with Gasteiger partial charge in [0.05, 0.1) is 7.11 Å². The minimum Gasteiger partial charge on any atom is -0.494 e. The van der Waals surface area contributed by atoms with Gasteiger partial charge in [-0.3, -0.25) is 4.79 Å². The van der Waals surface area contributed by atoms with Crippen molar-refractivity contribution < 1.29 is 17.9 Å². The Balaban J connectivity index is 1.62. The van der Waals surface area contributed by atoms with Crippen LogP contribution in [-0.2, 0) is 10.0 Å². The van der Waals surface area contributed by atoms with Gasteiger partial charge in [0.25, 0.3) is 5.91 Å². The normalized spacial score (nSPS) is 15.0. The fraction of sp³-hybridized carbons (Fsp3) is 0.333. The molecule has 1 aromatic carbocycles. The Kier molecular flexibility index (Phi) is 6.27. The summed E-state index contributed by atoms with van der Waals surface area (Å²) in [5.41, 5.74) is 1.01. The number of tetrazole rings is 1. The number of amides is 1. The van der Waals surface area contributed by atoms with Crippen LogP contribution in [0.3, 0.4) is 0 Å². The average molecular weight is 481 g/mol. The largest absolute Gasteiger partial charge is 0.494 e. The van der Waals surface area contributed by atoms with E-state index >= 15 is 0 Å². The van der Waals surface area contributed by atoms with E-state index in [0.29, 0.717) is 36.0 Å². The number of ether oxygens (including phenoxy) is 1. The van der Waals surface area contributed by atoms with Gasteiger partial charge in [-0.1, -0.05) is 0 Å². The molecule has 0 bridgehead atoms. The number of benzene rings is 1. The van der Waals surface area contributed by atoms with Crippen LogP contribution in [0, 0.1) is 6.92 Å². The van der Waals surface area contributed by atoms with Gasteiger partial charge in [0.1, 0.15) is 21.2 Å². The summed E-state index contributed by atoms with van der Waals surface area (Å²) in [6.45, 7) is 2.63. The third-order valence-electron chi connectivity index (χ3n) is 4.71. The lowest BCUT2D eigenvalue weighted by molar-refractivity contribution is 0.102. The van der Waals surface area contributed by atoms with E-state index in [-0.39, 0.29) is 9.77 Å².